The fourth-order valence-electron chi connectivity index (χ4n) is 3.60. The molecular formula is C26H27F3N2O6S. The second-order valence-electron chi connectivity index (χ2n) is 8.55. The van der Waals surface area contributed by atoms with Gasteiger partial charge in [-0.2, -0.15) is 13.2 Å². The highest BCUT2D eigenvalue weighted by Crippen LogP contribution is 2.32. The summed E-state index contributed by atoms with van der Waals surface area (Å²) in [5, 5.41) is 0. The van der Waals surface area contributed by atoms with Gasteiger partial charge in [0.25, 0.3) is 11.5 Å². The Morgan fingerprint density at radius 1 is 1.05 bits per heavy atom. The number of aromatic nitrogens is 1. The van der Waals surface area contributed by atoms with Crippen molar-refractivity contribution in [2.45, 2.75) is 31.0 Å². The molecule has 204 valence electrons. The summed E-state index contributed by atoms with van der Waals surface area (Å²) in [6.45, 7) is 2.05. The third-order valence-electron chi connectivity index (χ3n) is 5.59. The number of hydrogen-bond donors (Lipinski definition) is 1. The predicted octanol–water partition coefficient (Wildman–Crippen LogP) is 4.37. The fourth-order valence-corrected chi connectivity index (χ4v) is 4.23. The number of aryl methyl sites for hydroxylation is 1. The van der Waals surface area contributed by atoms with Crippen molar-refractivity contribution in [3.8, 4) is 5.75 Å². The van der Waals surface area contributed by atoms with Gasteiger partial charge in [0.05, 0.1) is 29.3 Å². The minimum Gasteiger partial charge on any atom is -0.492 e. The van der Waals surface area contributed by atoms with Crippen molar-refractivity contribution in [2.24, 2.45) is 0 Å². The molecule has 0 saturated carbocycles. The number of pyridine rings is 1. The highest BCUT2D eigenvalue weighted by molar-refractivity contribution is 7.90. The SMILES string of the molecule is COCCCOc1cc(C(=O)N(Cc2ccc(S(C)(=O)=O)cc2)c2cccc(C(F)(F)F)c2)c(=O)[nH]c1C. The number of benzene rings is 2. The van der Waals surface area contributed by atoms with E-state index in [0.717, 1.165) is 29.4 Å². The minimum absolute atomic E-state index is 0.0448. The third kappa shape index (κ3) is 7.23. The molecule has 12 heteroatoms. The molecule has 2 aromatic carbocycles. The first kappa shape index (κ1) is 28.9. The maximum absolute atomic E-state index is 13.7. The molecule has 1 heterocycles. The quantitative estimate of drug-likeness (QED) is 0.375. The maximum Gasteiger partial charge on any atom is 0.416 e. The molecule has 0 fully saturated rings. The highest BCUT2D eigenvalue weighted by atomic mass is 32.2. The number of hydrogen-bond acceptors (Lipinski definition) is 6. The number of anilines is 1. The molecule has 0 aliphatic heterocycles. The maximum atomic E-state index is 13.7. The summed E-state index contributed by atoms with van der Waals surface area (Å²) in [5.74, 6) is -0.620. The van der Waals surface area contributed by atoms with Crippen molar-refractivity contribution in [1.82, 2.24) is 4.98 Å². The lowest BCUT2D eigenvalue weighted by Gasteiger charge is -2.24. The van der Waals surface area contributed by atoms with Crippen LogP contribution in [0.3, 0.4) is 0 Å². The molecule has 0 unspecified atom stereocenters. The van der Waals surface area contributed by atoms with Crippen LogP contribution in [0.2, 0.25) is 0 Å². The molecular weight excluding hydrogens is 525 g/mol. The van der Waals surface area contributed by atoms with Gasteiger partial charge >= 0.3 is 6.18 Å². The van der Waals surface area contributed by atoms with Crippen LogP contribution in [0.1, 0.15) is 33.6 Å². The van der Waals surface area contributed by atoms with Gasteiger partial charge in [0.2, 0.25) is 0 Å². The van der Waals surface area contributed by atoms with E-state index in [2.05, 4.69) is 4.98 Å². The summed E-state index contributed by atoms with van der Waals surface area (Å²) in [6, 6.07) is 11.0. The second kappa shape index (κ2) is 11.8. The molecule has 0 saturated heterocycles. The first-order chi connectivity index (χ1) is 17.8. The van der Waals surface area contributed by atoms with Crippen LogP contribution in [0.5, 0.6) is 5.75 Å². The van der Waals surface area contributed by atoms with Crippen molar-refractivity contribution < 1.29 is 35.9 Å². The van der Waals surface area contributed by atoms with Crippen LogP contribution < -0.4 is 15.2 Å². The Morgan fingerprint density at radius 3 is 2.34 bits per heavy atom. The number of ether oxygens (including phenoxy) is 2. The lowest BCUT2D eigenvalue weighted by atomic mass is 10.1. The van der Waals surface area contributed by atoms with Gasteiger partial charge in [0.1, 0.15) is 11.3 Å². The Hall–Kier alpha value is -3.64. The summed E-state index contributed by atoms with van der Waals surface area (Å²) in [7, 11) is -1.94. The van der Waals surface area contributed by atoms with Gasteiger partial charge in [0.15, 0.2) is 9.84 Å². The van der Waals surface area contributed by atoms with E-state index in [-0.39, 0.29) is 35.0 Å². The van der Waals surface area contributed by atoms with E-state index in [1.54, 1.807) is 14.0 Å². The van der Waals surface area contributed by atoms with Gasteiger partial charge < -0.3 is 19.4 Å². The van der Waals surface area contributed by atoms with E-state index < -0.39 is 33.0 Å². The molecule has 1 aromatic heterocycles. The molecule has 3 aromatic rings. The highest BCUT2D eigenvalue weighted by Gasteiger charge is 2.32. The van der Waals surface area contributed by atoms with Crippen molar-refractivity contribution >= 4 is 21.4 Å². The summed E-state index contributed by atoms with van der Waals surface area (Å²) < 4.78 is 74.5. The van der Waals surface area contributed by atoms with Gasteiger partial charge in [-0.25, -0.2) is 8.42 Å². The summed E-state index contributed by atoms with van der Waals surface area (Å²) in [5.41, 5.74) is -1.32. The number of alkyl halides is 3. The van der Waals surface area contributed by atoms with E-state index in [1.807, 2.05) is 0 Å². The lowest BCUT2D eigenvalue weighted by molar-refractivity contribution is -0.137. The predicted molar refractivity (Wildman–Crippen MR) is 135 cm³/mol. The zero-order valence-corrected chi connectivity index (χ0v) is 21.8. The van der Waals surface area contributed by atoms with Gasteiger partial charge in [-0.05, 0) is 42.8 Å². The molecule has 0 bridgehead atoms. The van der Waals surface area contributed by atoms with E-state index in [9.17, 15) is 31.2 Å². The van der Waals surface area contributed by atoms with Crippen LogP contribution in [0.15, 0.2) is 64.3 Å². The summed E-state index contributed by atoms with van der Waals surface area (Å²) in [6.07, 6.45) is -3.07. The summed E-state index contributed by atoms with van der Waals surface area (Å²) in [4.78, 5) is 30.0. The Balaban J connectivity index is 2.05. The van der Waals surface area contributed by atoms with Crippen LogP contribution in [0.4, 0.5) is 18.9 Å². The normalized spacial score (nSPS) is 11.8. The molecule has 0 aliphatic rings. The van der Waals surface area contributed by atoms with Crippen LogP contribution >= 0.6 is 0 Å². The number of aromatic amines is 1. The van der Waals surface area contributed by atoms with Gasteiger partial charge in [-0.15, -0.1) is 0 Å². The lowest BCUT2D eigenvalue weighted by Crippen LogP contribution is -2.35. The zero-order chi connectivity index (χ0) is 28.1. The Bertz CT molecular complexity index is 1450. The van der Waals surface area contributed by atoms with Crippen molar-refractivity contribution in [3.63, 3.8) is 0 Å². The van der Waals surface area contributed by atoms with E-state index in [0.29, 0.717) is 24.3 Å². The summed E-state index contributed by atoms with van der Waals surface area (Å²) >= 11 is 0. The van der Waals surface area contributed by atoms with Gasteiger partial charge in [0, 0.05) is 38.1 Å². The van der Waals surface area contributed by atoms with Crippen LogP contribution in [0.25, 0.3) is 0 Å². The van der Waals surface area contributed by atoms with Crippen molar-refractivity contribution in [2.75, 3.05) is 31.5 Å². The van der Waals surface area contributed by atoms with Crippen LogP contribution in [0, 0.1) is 6.92 Å². The third-order valence-corrected chi connectivity index (χ3v) is 6.72. The number of halogens is 3. The number of carbonyl (C=O) groups is 1. The van der Waals surface area contributed by atoms with Crippen molar-refractivity contribution in [3.05, 3.63) is 87.3 Å². The van der Waals surface area contributed by atoms with E-state index in [4.69, 9.17) is 9.47 Å². The van der Waals surface area contributed by atoms with Gasteiger partial charge in [-0.3, -0.25) is 9.59 Å². The Morgan fingerprint density at radius 2 is 1.74 bits per heavy atom. The molecule has 1 amide bonds. The van der Waals surface area contributed by atoms with Crippen LogP contribution in [-0.4, -0.2) is 45.9 Å². The first-order valence-electron chi connectivity index (χ1n) is 11.4. The molecule has 8 nitrogen and oxygen atoms in total. The number of nitrogens with zero attached hydrogens (tertiary/aromatic N) is 1. The fraction of sp³-hybridized carbons (Fsp3) is 0.308. The molecule has 0 atom stereocenters. The topological polar surface area (TPSA) is 106 Å². The first-order valence-corrected chi connectivity index (χ1v) is 13.3. The van der Waals surface area contributed by atoms with Crippen LogP contribution in [-0.2, 0) is 27.3 Å². The molecule has 38 heavy (non-hydrogen) atoms. The number of carbonyl (C=O) groups excluding carboxylic acids is 1. The molecule has 0 aliphatic carbocycles. The number of H-pyrrole nitrogens is 1. The molecule has 1 N–H and O–H groups in total. The number of methoxy groups -OCH3 is 1. The second-order valence-corrected chi connectivity index (χ2v) is 10.6. The standard InChI is InChI=1S/C26H27F3N2O6S/c1-17-23(37-13-5-12-36-2)15-22(24(32)30-17)25(33)31(20-7-4-6-19(14-20)26(27,28)29)16-18-8-10-21(11-9-18)38(3,34)35/h4,6-11,14-15H,5,12-13,16H2,1-3H3,(H,30,32). The largest absolute Gasteiger partial charge is 0.492 e. The van der Waals surface area contributed by atoms with E-state index >= 15 is 0 Å². The van der Waals surface area contributed by atoms with Gasteiger partial charge in [-0.1, -0.05) is 18.2 Å². The molecule has 0 radical (unpaired) electrons. The molecule has 0 spiro atoms. The Kier molecular flexibility index (Phi) is 9.00. The zero-order valence-electron chi connectivity index (χ0n) is 21.0. The number of sulfone groups is 1. The number of nitrogens with one attached hydrogen (secondary N) is 1. The molecule has 3 rings (SSSR count). The average Bonchev–Trinajstić information content (AvgIpc) is 2.85. The van der Waals surface area contributed by atoms with Crippen molar-refractivity contribution in [1.29, 1.82) is 0 Å². The van der Waals surface area contributed by atoms with E-state index in [1.165, 1.54) is 36.4 Å². The minimum atomic E-state index is -4.66. The number of amides is 1. The monoisotopic (exact) mass is 552 g/mol. The Labute approximate surface area is 217 Å². The average molecular weight is 553 g/mol. The smallest absolute Gasteiger partial charge is 0.416 e. The number of rotatable bonds is 10.